The number of nitrogens with one attached hydrogen (secondary N) is 1. The van der Waals surface area contributed by atoms with Crippen LogP contribution in [0.3, 0.4) is 0 Å². The van der Waals surface area contributed by atoms with E-state index in [4.69, 9.17) is 4.42 Å². The summed E-state index contributed by atoms with van der Waals surface area (Å²) in [6.45, 7) is 0.0379. The number of imide groups is 1. The van der Waals surface area contributed by atoms with Crippen molar-refractivity contribution in [2.45, 2.75) is 25.2 Å². The molecule has 140 valence electrons. The van der Waals surface area contributed by atoms with Gasteiger partial charge in [0.05, 0.1) is 11.1 Å². The minimum Gasteiger partial charge on any atom is -0.440 e. The number of amides is 3. The smallest absolute Gasteiger partial charge is 0.261 e. The van der Waals surface area contributed by atoms with E-state index in [1.807, 2.05) is 0 Å². The molecule has 1 aromatic heterocycles. The maximum absolute atomic E-state index is 12.3. The number of hydrogen-bond donors (Lipinski definition) is 1. The lowest BCUT2D eigenvalue weighted by Gasteiger charge is -2.13. The van der Waals surface area contributed by atoms with Crippen LogP contribution < -0.4 is 5.32 Å². The fourth-order valence-corrected chi connectivity index (χ4v) is 3.41. The summed E-state index contributed by atoms with van der Waals surface area (Å²) in [7, 11) is 0. The molecule has 0 atom stereocenters. The molecule has 2 aromatic carbocycles. The number of aromatic nitrogens is 1. The predicted octanol–water partition coefficient (Wildman–Crippen LogP) is 3.33. The van der Waals surface area contributed by atoms with Crippen molar-refractivity contribution in [3.63, 3.8) is 0 Å². The first kappa shape index (κ1) is 16.7. The van der Waals surface area contributed by atoms with Crippen LogP contribution >= 0.6 is 0 Å². The molecule has 0 bridgehead atoms. The average Bonchev–Trinajstić information content (AvgIpc) is 3.42. The minimum atomic E-state index is -0.356. The number of anilines is 1. The average molecular weight is 375 g/mol. The first-order valence-electron chi connectivity index (χ1n) is 9.26. The van der Waals surface area contributed by atoms with E-state index in [0.717, 1.165) is 23.6 Å². The lowest BCUT2D eigenvalue weighted by atomic mass is 10.1. The maximum Gasteiger partial charge on any atom is 0.261 e. The highest BCUT2D eigenvalue weighted by Gasteiger charge is 2.35. The van der Waals surface area contributed by atoms with Crippen molar-refractivity contribution in [3.8, 4) is 0 Å². The van der Waals surface area contributed by atoms with Gasteiger partial charge in [-0.2, -0.15) is 0 Å². The molecule has 2 heterocycles. The molecule has 3 aromatic rings. The summed E-state index contributed by atoms with van der Waals surface area (Å²) >= 11 is 0. The van der Waals surface area contributed by atoms with E-state index in [9.17, 15) is 14.4 Å². The van der Waals surface area contributed by atoms with Crippen molar-refractivity contribution in [2.24, 2.45) is 0 Å². The summed E-state index contributed by atoms with van der Waals surface area (Å²) in [5.74, 6) is 0.186. The molecule has 28 heavy (non-hydrogen) atoms. The predicted molar refractivity (Wildman–Crippen MR) is 101 cm³/mol. The first-order chi connectivity index (χ1) is 13.6. The lowest BCUT2D eigenvalue weighted by molar-refractivity contribution is -0.116. The number of benzene rings is 2. The van der Waals surface area contributed by atoms with Gasteiger partial charge >= 0.3 is 0 Å². The van der Waals surface area contributed by atoms with Crippen molar-refractivity contribution in [1.82, 2.24) is 9.88 Å². The van der Waals surface area contributed by atoms with Gasteiger partial charge in [-0.05, 0) is 43.2 Å². The molecule has 1 saturated carbocycles. The third kappa shape index (κ3) is 2.85. The van der Waals surface area contributed by atoms with Crippen LogP contribution in [0.2, 0.25) is 0 Å². The van der Waals surface area contributed by atoms with E-state index < -0.39 is 0 Å². The zero-order valence-electron chi connectivity index (χ0n) is 15.0. The quantitative estimate of drug-likeness (QED) is 0.691. The Labute approximate surface area is 160 Å². The number of carbonyl (C=O) groups is 3. The third-order valence-corrected chi connectivity index (χ3v) is 5.06. The van der Waals surface area contributed by atoms with E-state index in [0.29, 0.717) is 33.8 Å². The molecule has 5 rings (SSSR count). The highest BCUT2D eigenvalue weighted by Crippen LogP contribution is 2.40. The third-order valence-electron chi connectivity index (χ3n) is 5.06. The molecule has 1 N–H and O–H groups in total. The first-order valence-corrected chi connectivity index (χ1v) is 9.26. The van der Waals surface area contributed by atoms with E-state index in [1.165, 1.54) is 0 Å². The lowest BCUT2D eigenvalue weighted by Crippen LogP contribution is -2.32. The number of hydrogen-bond acceptors (Lipinski definition) is 5. The van der Waals surface area contributed by atoms with Crippen molar-refractivity contribution in [1.29, 1.82) is 0 Å². The zero-order valence-corrected chi connectivity index (χ0v) is 15.0. The molecule has 7 nitrogen and oxygen atoms in total. The molecule has 1 fully saturated rings. The van der Waals surface area contributed by atoms with Crippen LogP contribution in [0.5, 0.6) is 0 Å². The van der Waals surface area contributed by atoms with Gasteiger partial charge in [-0.1, -0.05) is 12.1 Å². The molecule has 0 spiro atoms. The second kappa shape index (κ2) is 6.30. The SMILES string of the molecule is O=C(CCN1C(=O)c2ccccc2C1=O)Nc1ccc2oc(C3CC3)nc2c1. The normalized spacial score (nSPS) is 15.9. The standard InChI is InChI=1S/C21H17N3O4/c25-18(9-10-24-20(26)14-3-1-2-4-15(14)21(24)27)22-13-7-8-17-16(11-13)23-19(28-17)12-5-6-12/h1-4,7-8,11-12H,5-6,9-10H2,(H,22,25). The van der Waals surface area contributed by atoms with Gasteiger partial charge in [0, 0.05) is 24.6 Å². The Hall–Kier alpha value is -3.48. The Morgan fingerprint density at radius 2 is 1.82 bits per heavy atom. The van der Waals surface area contributed by atoms with Gasteiger partial charge in [0.15, 0.2) is 11.5 Å². The summed E-state index contributed by atoms with van der Waals surface area (Å²) in [6.07, 6.45) is 2.23. The van der Waals surface area contributed by atoms with Crippen LogP contribution in [0.25, 0.3) is 11.1 Å². The van der Waals surface area contributed by atoms with Crippen molar-refractivity contribution >= 4 is 34.5 Å². The number of rotatable bonds is 5. The van der Waals surface area contributed by atoms with Crippen LogP contribution in [-0.2, 0) is 4.79 Å². The second-order valence-corrected chi connectivity index (χ2v) is 7.11. The molecule has 2 aliphatic rings. The summed E-state index contributed by atoms with van der Waals surface area (Å²) in [6, 6.07) is 12.0. The van der Waals surface area contributed by atoms with E-state index in [-0.39, 0.29) is 30.7 Å². The van der Waals surface area contributed by atoms with Crippen LogP contribution in [0.15, 0.2) is 46.9 Å². The van der Waals surface area contributed by atoms with Crippen molar-refractivity contribution in [3.05, 3.63) is 59.5 Å². The van der Waals surface area contributed by atoms with Crippen LogP contribution in [-0.4, -0.2) is 34.2 Å². The number of oxazole rings is 1. The van der Waals surface area contributed by atoms with Crippen LogP contribution in [0.4, 0.5) is 5.69 Å². The number of fused-ring (bicyclic) bond motifs is 2. The Morgan fingerprint density at radius 1 is 1.11 bits per heavy atom. The van der Waals surface area contributed by atoms with E-state index in [1.54, 1.807) is 42.5 Å². The Morgan fingerprint density at radius 3 is 2.50 bits per heavy atom. The Bertz CT molecular complexity index is 1090. The molecule has 1 aliphatic heterocycles. The molecular formula is C21H17N3O4. The number of carbonyl (C=O) groups excluding carboxylic acids is 3. The zero-order chi connectivity index (χ0) is 19.3. The largest absolute Gasteiger partial charge is 0.440 e. The monoisotopic (exact) mass is 375 g/mol. The Balaban J connectivity index is 1.24. The van der Waals surface area contributed by atoms with Crippen molar-refractivity contribution in [2.75, 3.05) is 11.9 Å². The summed E-state index contributed by atoms with van der Waals surface area (Å²) in [5, 5.41) is 2.79. The van der Waals surface area contributed by atoms with Crippen LogP contribution in [0, 0.1) is 0 Å². The van der Waals surface area contributed by atoms with Gasteiger partial charge in [-0.25, -0.2) is 4.98 Å². The molecule has 0 unspecified atom stereocenters. The van der Waals surface area contributed by atoms with Gasteiger partial charge in [0.2, 0.25) is 5.91 Å². The maximum atomic E-state index is 12.3. The topological polar surface area (TPSA) is 92.5 Å². The van der Waals surface area contributed by atoms with E-state index in [2.05, 4.69) is 10.3 Å². The van der Waals surface area contributed by atoms with Gasteiger partial charge in [-0.15, -0.1) is 0 Å². The second-order valence-electron chi connectivity index (χ2n) is 7.11. The van der Waals surface area contributed by atoms with E-state index >= 15 is 0 Å². The highest BCUT2D eigenvalue weighted by atomic mass is 16.3. The molecular weight excluding hydrogens is 358 g/mol. The van der Waals surface area contributed by atoms with Crippen molar-refractivity contribution < 1.29 is 18.8 Å². The van der Waals surface area contributed by atoms with Crippen LogP contribution in [0.1, 0.15) is 51.8 Å². The van der Waals surface area contributed by atoms with Gasteiger partial charge in [-0.3, -0.25) is 19.3 Å². The fourth-order valence-electron chi connectivity index (χ4n) is 3.41. The molecule has 7 heteroatoms. The number of nitrogens with zero attached hydrogens (tertiary/aromatic N) is 2. The minimum absolute atomic E-state index is 0.0235. The molecule has 0 radical (unpaired) electrons. The van der Waals surface area contributed by atoms with Gasteiger partial charge in [0.1, 0.15) is 5.52 Å². The summed E-state index contributed by atoms with van der Waals surface area (Å²) in [5.41, 5.74) is 2.79. The molecule has 1 aliphatic carbocycles. The van der Waals surface area contributed by atoms with Gasteiger partial charge < -0.3 is 9.73 Å². The summed E-state index contributed by atoms with van der Waals surface area (Å²) < 4.78 is 5.72. The van der Waals surface area contributed by atoms with Gasteiger partial charge in [0.25, 0.3) is 11.8 Å². The Kier molecular flexibility index (Phi) is 3.75. The molecule has 3 amide bonds. The summed E-state index contributed by atoms with van der Waals surface area (Å²) in [4.78, 5) is 42.6. The highest BCUT2D eigenvalue weighted by molar-refractivity contribution is 6.21. The molecule has 0 saturated heterocycles. The fraction of sp³-hybridized carbons (Fsp3) is 0.238.